The number of aliphatic hydroxyl groups is 5. The van der Waals surface area contributed by atoms with Crippen LogP contribution in [-0.4, -0.2) is 142 Å². The molecule has 2 saturated heterocycles. The normalized spacial score (nSPS) is 43.2. The summed E-state index contributed by atoms with van der Waals surface area (Å²) in [6.07, 6.45) is -6.21. The Balaban J connectivity index is 1.83. The summed E-state index contributed by atoms with van der Waals surface area (Å²) in [5.74, 6) is -0.0177. The summed E-state index contributed by atoms with van der Waals surface area (Å²) in [5.41, 5.74) is 21.5. The standard InChI is InChI=1S/C25H49N7O9/c1-24(2,36)23(29)32-14-7-13(27)18(40-21-12(26)6-5-11(39-21)8-31-15(28)9-33)16(34)19(14)41-22-17(35)20(30-4)25(3,37)10-38-22/h11-14,16-22,30,33-37H,5-10,26-27H2,1-4H3,(H2,28,31)(H2,29,32)/t11-,12+,13-,14+,16-,17+,18+,19-,20+,21+,22+,25-/m0/s1. The van der Waals surface area contributed by atoms with Gasteiger partial charge < -0.3 is 72.7 Å². The number of nitrogens with two attached hydrogens (primary N) is 4. The monoisotopic (exact) mass is 591 g/mol. The van der Waals surface area contributed by atoms with Crippen LogP contribution in [0.5, 0.6) is 0 Å². The van der Waals surface area contributed by atoms with E-state index in [1.54, 1.807) is 7.05 Å². The minimum Gasteiger partial charge on any atom is -0.388 e. The van der Waals surface area contributed by atoms with Crippen LogP contribution in [0.3, 0.4) is 0 Å². The number of ether oxygens (including phenoxy) is 4. The van der Waals surface area contributed by atoms with E-state index in [-0.39, 0.29) is 44.0 Å². The highest BCUT2D eigenvalue weighted by atomic mass is 16.7. The number of rotatable bonds is 10. The van der Waals surface area contributed by atoms with Gasteiger partial charge in [0.2, 0.25) is 0 Å². The molecule has 14 N–H and O–H groups in total. The van der Waals surface area contributed by atoms with Crippen LogP contribution in [0.25, 0.3) is 0 Å². The second kappa shape index (κ2) is 13.8. The minimum atomic E-state index is -1.46. The Labute approximate surface area is 240 Å². The first kappa shape index (κ1) is 34.0. The van der Waals surface area contributed by atoms with Gasteiger partial charge in [-0.15, -0.1) is 0 Å². The second-order valence-corrected chi connectivity index (χ2v) is 11.9. The molecule has 0 bridgehead atoms. The molecule has 2 heterocycles. The third-order valence-electron chi connectivity index (χ3n) is 7.80. The molecule has 0 radical (unpaired) electrons. The van der Waals surface area contributed by atoms with Crippen LogP contribution >= 0.6 is 0 Å². The smallest absolute Gasteiger partial charge is 0.185 e. The maximum absolute atomic E-state index is 11.6. The molecule has 238 valence electrons. The third kappa shape index (κ3) is 8.31. The van der Waals surface area contributed by atoms with Crippen molar-refractivity contribution in [3.8, 4) is 0 Å². The summed E-state index contributed by atoms with van der Waals surface area (Å²) in [5, 5.41) is 55.5. The molecule has 0 aromatic rings. The van der Waals surface area contributed by atoms with Gasteiger partial charge in [-0.3, -0.25) is 9.98 Å². The third-order valence-corrected chi connectivity index (χ3v) is 7.80. The maximum Gasteiger partial charge on any atom is 0.185 e. The van der Waals surface area contributed by atoms with Crippen LogP contribution < -0.4 is 28.3 Å². The van der Waals surface area contributed by atoms with Gasteiger partial charge in [-0.1, -0.05) is 0 Å². The van der Waals surface area contributed by atoms with Crippen LogP contribution in [0.4, 0.5) is 0 Å². The van der Waals surface area contributed by atoms with Crippen LogP contribution in [0.15, 0.2) is 9.98 Å². The average Bonchev–Trinajstić information content (AvgIpc) is 2.89. The summed E-state index contributed by atoms with van der Waals surface area (Å²) >= 11 is 0. The summed E-state index contributed by atoms with van der Waals surface area (Å²) in [7, 11) is 1.59. The first-order valence-corrected chi connectivity index (χ1v) is 13.9. The fourth-order valence-corrected chi connectivity index (χ4v) is 5.32. The Morgan fingerprint density at radius 1 is 1.07 bits per heavy atom. The molecule has 1 aliphatic carbocycles. The zero-order valence-electron chi connectivity index (χ0n) is 24.2. The van der Waals surface area contributed by atoms with E-state index in [2.05, 4.69) is 15.3 Å². The Hall–Kier alpha value is -1.54. The zero-order chi connectivity index (χ0) is 30.7. The van der Waals surface area contributed by atoms with Crippen LogP contribution in [0.2, 0.25) is 0 Å². The van der Waals surface area contributed by atoms with Crippen LogP contribution in [0.1, 0.15) is 40.0 Å². The van der Waals surface area contributed by atoms with Crippen molar-refractivity contribution in [1.29, 1.82) is 0 Å². The second-order valence-electron chi connectivity index (χ2n) is 11.9. The number of nitrogens with zero attached hydrogens (tertiary/aromatic N) is 2. The topological polar surface area (TPSA) is 279 Å². The zero-order valence-corrected chi connectivity index (χ0v) is 24.2. The first-order valence-electron chi connectivity index (χ1n) is 13.9. The number of aliphatic hydroxyl groups excluding tert-OH is 3. The Morgan fingerprint density at radius 3 is 2.34 bits per heavy atom. The minimum absolute atomic E-state index is 0.0803. The molecular weight excluding hydrogens is 542 g/mol. The van der Waals surface area contributed by atoms with Gasteiger partial charge in [0.25, 0.3) is 0 Å². The van der Waals surface area contributed by atoms with E-state index in [1.165, 1.54) is 20.8 Å². The number of hydrogen-bond donors (Lipinski definition) is 10. The molecule has 12 atom stereocenters. The molecule has 1 saturated carbocycles. The molecule has 2 aliphatic heterocycles. The van der Waals surface area contributed by atoms with Gasteiger partial charge in [-0.25, -0.2) is 0 Å². The molecule has 3 fully saturated rings. The lowest BCUT2D eigenvalue weighted by Gasteiger charge is -2.48. The van der Waals surface area contributed by atoms with Crippen molar-refractivity contribution >= 4 is 11.7 Å². The maximum atomic E-state index is 11.6. The molecule has 0 amide bonds. The summed E-state index contributed by atoms with van der Waals surface area (Å²) in [6, 6.07) is -2.93. The highest BCUT2D eigenvalue weighted by Crippen LogP contribution is 2.33. The Kier molecular flexibility index (Phi) is 11.5. The quantitative estimate of drug-likeness (QED) is 0.0848. The lowest BCUT2D eigenvalue weighted by Crippen LogP contribution is -2.67. The van der Waals surface area contributed by atoms with Gasteiger partial charge in [0.1, 0.15) is 53.9 Å². The molecule has 3 rings (SSSR count). The van der Waals surface area contributed by atoms with Gasteiger partial charge in [-0.2, -0.15) is 0 Å². The van der Waals surface area contributed by atoms with Gasteiger partial charge in [0.15, 0.2) is 12.6 Å². The number of nitrogens with one attached hydrogen (secondary N) is 1. The predicted octanol–water partition coefficient (Wildman–Crippen LogP) is -4.42. The highest BCUT2D eigenvalue weighted by molar-refractivity contribution is 5.88. The number of hydrogen-bond acceptors (Lipinski definition) is 14. The first-order chi connectivity index (χ1) is 19.1. The Bertz CT molecular complexity index is 918. The van der Waals surface area contributed by atoms with Gasteiger partial charge in [0.05, 0.1) is 37.4 Å². The molecule has 0 unspecified atom stereocenters. The van der Waals surface area contributed by atoms with Crippen molar-refractivity contribution < 1.29 is 44.5 Å². The van der Waals surface area contributed by atoms with E-state index in [0.717, 1.165) is 0 Å². The fourth-order valence-electron chi connectivity index (χ4n) is 5.32. The molecule has 16 nitrogen and oxygen atoms in total. The Morgan fingerprint density at radius 2 is 1.73 bits per heavy atom. The molecular formula is C25H49N7O9. The van der Waals surface area contributed by atoms with Crippen LogP contribution in [0, 0.1) is 0 Å². The van der Waals surface area contributed by atoms with Crippen molar-refractivity contribution in [3.05, 3.63) is 0 Å². The van der Waals surface area contributed by atoms with Crippen molar-refractivity contribution in [1.82, 2.24) is 5.32 Å². The molecule has 0 aromatic carbocycles. The van der Waals surface area contributed by atoms with E-state index in [0.29, 0.717) is 12.8 Å². The highest BCUT2D eigenvalue weighted by Gasteiger charge is 2.51. The number of likely N-dealkylation sites (N-methyl/N-ethyl adjacent to an activating group) is 1. The fraction of sp³-hybridized carbons (Fsp3) is 0.920. The summed E-state index contributed by atoms with van der Waals surface area (Å²) < 4.78 is 23.9. The van der Waals surface area contributed by atoms with E-state index >= 15 is 0 Å². The van der Waals surface area contributed by atoms with Crippen molar-refractivity contribution in [2.24, 2.45) is 32.9 Å². The SMILES string of the molecule is CN[C@@H]1[C@@H](O)[C@@H](O[C@@H]2[C@@H](O)[C@H](O[C@H]3O[C@H](CN=C(N)CO)CC[C@H]3N)[C@@H](N)C[C@H]2N=C(N)C(C)(C)O)OC[C@]1(C)O. The molecule has 3 aliphatic rings. The lowest BCUT2D eigenvalue weighted by atomic mass is 9.83. The van der Waals surface area contributed by atoms with Crippen LogP contribution in [-0.2, 0) is 18.9 Å². The van der Waals surface area contributed by atoms with Gasteiger partial charge in [-0.05, 0) is 47.1 Å². The molecule has 0 aromatic heterocycles. The van der Waals surface area contributed by atoms with Crippen molar-refractivity contribution in [2.45, 2.75) is 119 Å². The van der Waals surface area contributed by atoms with E-state index in [4.69, 9.17) is 47.0 Å². The molecule has 41 heavy (non-hydrogen) atoms. The predicted molar refractivity (Wildman–Crippen MR) is 149 cm³/mol. The van der Waals surface area contributed by atoms with Gasteiger partial charge in [0, 0.05) is 6.04 Å². The summed E-state index contributed by atoms with van der Waals surface area (Å²) in [4.78, 5) is 8.51. The molecule has 16 heteroatoms. The molecule has 0 spiro atoms. The van der Waals surface area contributed by atoms with Crippen molar-refractivity contribution in [2.75, 3.05) is 26.8 Å². The van der Waals surface area contributed by atoms with Gasteiger partial charge >= 0.3 is 0 Å². The van der Waals surface area contributed by atoms with E-state index in [1.807, 2.05) is 0 Å². The number of amidine groups is 2. The lowest BCUT2D eigenvalue weighted by molar-refractivity contribution is -0.306. The largest absolute Gasteiger partial charge is 0.388 e. The van der Waals surface area contributed by atoms with E-state index < -0.39 is 72.4 Å². The van der Waals surface area contributed by atoms with E-state index in [9.17, 15) is 20.4 Å². The average molecular weight is 592 g/mol. The van der Waals surface area contributed by atoms with Crippen molar-refractivity contribution in [3.63, 3.8) is 0 Å². The summed E-state index contributed by atoms with van der Waals surface area (Å²) in [6.45, 7) is 4.13. The number of aliphatic imine (C=N–C) groups is 2.